The lowest BCUT2D eigenvalue weighted by molar-refractivity contribution is 0.0686. The quantitative estimate of drug-likeness (QED) is 0.904. The Morgan fingerprint density at radius 2 is 2.06 bits per heavy atom. The minimum absolute atomic E-state index is 0.147. The monoisotopic (exact) mass is 262 g/mol. The first kappa shape index (κ1) is 11.1. The molecular weight excluding hydrogens is 252 g/mol. The van der Waals surface area contributed by atoms with Crippen molar-refractivity contribution in [3.05, 3.63) is 34.5 Å². The van der Waals surface area contributed by atoms with Crippen molar-refractivity contribution in [2.45, 2.75) is 0 Å². The minimum atomic E-state index is -1.01. The highest BCUT2D eigenvalue weighted by atomic mass is 32.1. The van der Waals surface area contributed by atoms with Gasteiger partial charge < -0.3 is 14.6 Å². The van der Waals surface area contributed by atoms with Crippen LogP contribution in [0.25, 0.3) is 11.1 Å². The molecule has 0 aliphatic carbocycles. The molecule has 3 rings (SSSR count). The molecule has 92 valence electrons. The van der Waals surface area contributed by atoms with Gasteiger partial charge in [0.1, 0.15) is 18.8 Å². The number of hydrogen-bond donors (Lipinski definition) is 1. The molecule has 0 radical (unpaired) electrons. The van der Waals surface area contributed by atoms with Gasteiger partial charge in [0, 0.05) is 0 Å². The lowest BCUT2D eigenvalue weighted by atomic mass is 10.0. The van der Waals surface area contributed by atoms with Crippen LogP contribution in [0.1, 0.15) is 10.4 Å². The molecule has 1 N–H and O–H groups in total. The van der Waals surface area contributed by atoms with Crippen LogP contribution in [-0.4, -0.2) is 24.3 Å². The average molecular weight is 262 g/mol. The molecule has 0 atom stereocenters. The van der Waals surface area contributed by atoms with Crippen molar-refractivity contribution in [3.8, 4) is 22.6 Å². The van der Waals surface area contributed by atoms with Crippen molar-refractivity contribution in [1.82, 2.24) is 0 Å². The summed E-state index contributed by atoms with van der Waals surface area (Å²) < 4.78 is 10.9. The van der Waals surface area contributed by atoms with E-state index in [2.05, 4.69) is 0 Å². The van der Waals surface area contributed by atoms with E-state index in [1.807, 2.05) is 22.9 Å². The van der Waals surface area contributed by atoms with Crippen LogP contribution in [0.15, 0.2) is 29.0 Å². The summed E-state index contributed by atoms with van der Waals surface area (Å²) in [6, 6.07) is 5.39. The van der Waals surface area contributed by atoms with E-state index in [4.69, 9.17) is 9.47 Å². The number of thiophene rings is 1. The smallest absolute Gasteiger partial charge is 0.339 e. The maximum Gasteiger partial charge on any atom is 0.339 e. The number of carbonyl (C=O) groups is 1. The Balaban J connectivity index is 2.18. The van der Waals surface area contributed by atoms with Crippen LogP contribution in [-0.2, 0) is 0 Å². The van der Waals surface area contributed by atoms with Crippen LogP contribution < -0.4 is 9.47 Å². The van der Waals surface area contributed by atoms with Gasteiger partial charge in [0.15, 0.2) is 11.5 Å². The second-order valence-electron chi connectivity index (χ2n) is 3.87. The first-order valence-corrected chi connectivity index (χ1v) is 6.39. The van der Waals surface area contributed by atoms with Gasteiger partial charge in [-0.1, -0.05) is 0 Å². The summed E-state index contributed by atoms with van der Waals surface area (Å²) in [4.78, 5) is 11.3. The fourth-order valence-electron chi connectivity index (χ4n) is 1.91. The van der Waals surface area contributed by atoms with Crippen LogP contribution in [0, 0.1) is 0 Å². The molecule has 1 aliphatic heterocycles. The van der Waals surface area contributed by atoms with Crippen LogP contribution in [0.3, 0.4) is 0 Å². The fraction of sp³-hybridized carbons (Fsp3) is 0.154. The van der Waals surface area contributed by atoms with Gasteiger partial charge in [-0.2, -0.15) is 11.3 Å². The van der Waals surface area contributed by atoms with Gasteiger partial charge in [0.25, 0.3) is 0 Å². The number of fused-ring (bicyclic) bond motifs is 1. The van der Waals surface area contributed by atoms with Crippen molar-refractivity contribution in [2.75, 3.05) is 13.2 Å². The van der Waals surface area contributed by atoms with Crippen LogP contribution in [0.4, 0.5) is 0 Å². The maximum absolute atomic E-state index is 11.3. The standard InChI is InChI=1S/C13H10O4S/c14-13(15)10-5-9(8-1-4-18-7-8)6-11-12(10)17-3-2-16-11/h1,4-7H,2-3H2,(H,14,15). The highest BCUT2D eigenvalue weighted by Gasteiger charge is 2.22. The van der Waals surface area contributed by atoms with Crippen LogP contribution in [0.5, 0.6) is 11.5 Å². The Hall–Kier alpha value is -2.01. The molecule has 2 heterocycles. The molecular formula is C13H10O4S. The van der Waals surface area contributed by atoms with Crippen molar-refractivity contribution in [3.63, 3.8) is 0 Å². The van der Waals surface area contributed by atoms with Crippen molar-refractivity contribution < 1.29 is 19.4 Å². The Kier molecular flexibility index (Phi) is 2.68. The summed E-state index contributed by atoms with van der Waals surface area (Å²) in [7, 11) is 0. The van der Waals surface area contributed by atoms with E-state index < -0.39 is 5.97 Å². The van der Waals surface area contributed by atoms with E-state index in [9.17, 15) is 9.90 Å². The molecule has 18 heavy (non-hydrogen) atoms. The van der Waals surface area contributed by atoms with E-state index >= 15 is 0 Å². The largest absolute Gasteiger partial charge is 0.486 e. The normalized spacial score (nSPS) is 13.3. The second-order valence-corrected chi connectivity index (χ2v) is 4.65. The molecule has 0 saturated heterocycles. The molecule has 4 nitrogen and oxygen atoms in total. The molecule has 5 heteroatoms. The molecule has 0 saturated carbocycles. The minimum Gasteiger partial charge on any atom is -0.486 e. The Morgan fingerprint density at radius 3 is 2.78 bits per heavy atom. The molecule has 1 aliphatic rings. The Labute approximate surface area is 107 Å². The summed E-state index contributed by atoms with van der Waals surface area (Å²) in [6.45, 7) is 0.824. The Bertz CT molecular complexity index is 589. The Morgan fingerprint density at radius 1 is 1.22 bits per heavy atom. The summed E-state index contributed by atoms with van der Waals surface area (Å²) in [6.07, 6.45) is 0. The van der Waals surface area contributed by atoms with E-state index in [-0.39, 0.29) is 5.56 Å². The SMILES string of the molecule is O=C(O)c1cc(-c2ccsc2)cc2c1OCCO2. The summed E-state index contributed by atoms with van der Waals surface area (Å²) in [5, 5.41) is 13.2. The molecule has 0 bridgehead atoms. The zero-order chi connectivity index (χ0) is 12.5. The summed E-state index contributed by atoms with van der Waals surface area (Å²) in [5.41, 5.74) is 1.96. The van der Waals surface area contributed by atoms with Gasteiger partial charge in [-0.25, -0.2) is 4.79 Å². The second kappa shape index (κ2) is 4.34. The molecule has 0 amide bonds. The van der Waals surface area contributed by atoms with Gasteiger partial charge >= 0.3 is 5.97 Å². The number of carboxylic acid groups (broad SMARTS) is 1. The molecule has 2 aromatic rings. The van der Waals surface area contributed by atoms with Crippen LogP contribution in [0.2, 0.25) is 0 Å². The predicted octanol–water partition coefficient (Wildman–Crippen LogP) is 2.88. The molecule has 0 unspecified atom stereocenters. The zero-order valence-electron chi connectivity index (χ0n) is 9.38. The summed E-state index contributed by atoms with van der Waals surface area (Å²) in [5.74, 6) is -0.177. The van der Waals surface area contributed by atoms with Gasteiger partial charge in [-0.15, -0.1) is 0 Å². The van der Waals surface area contributed by atoms with E-state index in [1.54, 1.807) is 17.4 Å². The molecule has 1 aromatic heterocycles. The lowest BCUT2D eigenvalue weighted by Gasteiger charge is -2.20. The third-order valence-electron chi connectivity index (χ3n) is 2.73. The average Bonchev–Trinajstić information content (AvgIpc) is 2.91. The van der Waals surface area contributed by atoms with Gasteiger partial charge in [-0.3, -0.25) is 0 Å². The van der Waals surface area contributed by atoms with Gasteiger partial charge in [0.05, 0.1) is 0 Å². The van der Waals surface area contributed by atoms with Gasteiger partial charge in [0.2, 0.25) is 0 Å². The van der Waals surface area contributed by atoms with E-state index in [1.165, 1.54) is 0 Å². The van der Waals surface area contributed by atoms with Gasteiger partial charge in [-0.05, 0) is 40.1 Å². The fourth-order valence-corrected chi connectivity index (χ4v) is 2.57. The summed E-state index contributed by atoms with van der Waals surface area (Å²) >= 11 is 1.57. The third-order valence-corrected chi connectivity index (χ3v) is 3.41. The van der Waals surface area contributed by atoms with Crippen molar-refractivity contribution >= 4 is 17.3 Å². The van der Waals surface area contributed by atoms with Crippen molar-refractivity contribution in [1.29, 1.82) is 0 Å². The molecule has 0 spiro atoms. The lowest BCUT2D eigenvalue weighted by Crippen LogP contribution is -2.18. The van der Waals surface area contributed by atoms with Crippen LogP contribution >= 0.6 is 11.3 Å². The topological polar surface area (TPSA) is 55.8 Å². The maximum atomic E-state index is 11.3. The zero-order valence-corrected chi connectivity index (χ0v) is 10.2. The first-order valence-electron chi connectivity index (χ1n) is 5.45. The number of carboxylic acids is 1. The highest BCUT2D eigenvalue weighted by molar-refractivity contribution is 7.08. The molecule has 0 fully saturated rings. The third kappa shape index (κ3) is 1.82. The first-order chi connectivity index (χ1) is 8.75. The number of rotatable bonds is 2. The number of aromatic carboxylic acids is 1. The predicted molar refractivity (Wildman–Crippen MR) is 67.7 cm³/mol. The molecule has 1 aromatic carbocycles. The number of hydrogen-bond acceptors (Lipinski definition) is 4. The highest BCUT2D eigenvalue weighted by Crippen LogP contribution is 2.38. The van der Waals surface area contributed by atoms with E-state index in [0.29, 0.717) is 24.7 Å². The number of ether oxygens (including phenoxy) is 2. The van der Waals surface area contributed by atoms with E-state index in [0.717, 1.165) is 11.1 Å². The van der Waals surface area contributed by atoms with Crippen molar-refractivity contribution in [2.24, 2.45) is 0 Å². The number of benzene rings is 1.